The fourth-order valence-electron chi connectivity index (χ4n) is 3.74. The molecule has 1 aromatic rings. The molecule has 0 spiro atoms. The molecular formula is C19H30N2O2. The third-order valence-electron chi connectivity index (χ3n) is 5.23. The molecule has 23 heavy (non-hydrogen) atoms. The van der Waals surface area contributed by atoms with E-state index in [1.165, 1.54) is 44.6 Å². The normalized spacial score (nSPS) is 24.7. The average molecular weight is 318 g/mol. The van der Waals surface area contributed by atoms with Gasteiger partial charge in [-0.2, -0.15) is 0 Å². The fourth-order valence-corrected chi connectivity index (χ4v) is 3.74. The van der Waals surface area contributed by atoms with Crippen LogP contribution in [0.25, 0.3) is 0 Å². The smallest absolute Gasteiger partial charge is 0.118 e. The van der Waals surface area contributed by atoms with Crippen molar-refractivity contribution in [1.29, 1.82) is 0 Å². The second-order valence-corrected chi connectivity index (χ2v) is 6.87. The highest BCUT2D eigenvalue weighted by molar-refractivity contribution is 5.29. The number of likely N-dealkylation sites (tertiary alicyclic amines) is 1. The molecule has 0 saturated carbocycles. The lowest BCUT2D eigenvalue weighted by Crippen LogP contribution is -2.45. The zero-order valence-electron chi connectivity index (χ0n) is 14.5. The quantitative estimate of drug-likeness (QED) is 0.833. The summed E-state index contributed by atoms with van der Waals surface area (Å²) in [5.74, 6) is 1.66. The Hall–Kier alpha value is -1.10. The lowest BCUT2D eigenvalue weighted by atomic mass is 9.89. The summed E-state index contributed by atoms with van der Waals surface area (Å²) in [6.07, 6.45) is 2.93. The van der Waals surface area contributed by atoms with Crippen molar-refractivity contribution in [3.05, 3.63) is 29.8 Å². The highest BCUT2D eigenvalue weighted by Gasteiger charge is 2.22. The summed E-state index contributed by atoms with van der Waals surface area (Å²) in [5, 5.41) is 0. The van der Waals surface area contributed by atoms with Gasteiger partial charge < -0.3 is 14.4 Å². The SMILES string of the molecule is COc1ccc(C2CCN(CCN3CCO[C@@H](C)C3)CC2)cc1. The summed E-state index contributed by atoms with van der Waals surface area (Å²) < 4.78 is 10.9. The van der Waals surface area contributed by atoms with Crippen LogP contribution < -0.4 is 4.74 Å². The van der Waals surface area contributed by atoms with E-state index in [2.05, 4.69) is 41.0 Å². The number of hydrogen-bond donors (Lipinski definition) is 0. The minimum absolute atomic E-state index is 0.393. The highest BCUT2D eigenvalue weighted by atomic mass is 16.5. The van der Waals surface area contributed by atoms with Crippen LogP contribution in [0.5, 0.6) is 5.75 Å². The average Bonchev–Trinajstić information content (AvgIpc) is 2.61. The molecular weight excluding hydrogens is 288 g/mol. The van der Waals surface area contributed by atoms with E-state index in [0.717, 1.165) is 25.4 Å². The number of rotatable bonds is 5. The molecule has 1 atom stereocenters. The molecule has 0 amide bonds. The lowest BCUT2D eigenvalue weighted by Gasteiger charge is -2.36. The van der Waals surface area contributed by atoms with Gasteiger partial charge in [-0.1, -0.05) is 12.1 Å². The topological polar surface area (TPSA) is 24.9 Å². The molecule has 4 nitrogen and oxygen atoms in total. The van der Waals surface area contributed by atoms with Crippen molar-refractivity contribution in [3.8, 4) is 5.75 Å². The molecule has 0 aliphatic carbocycles. The van der Waals surface area contributed by atoms with Crippen molar-refractivity contribution < 1.29 is 9.47 Å². The number of piperidine rings is 1. The molecule has 2 heterocycles. The van der Waals surface area contributed by atoms with Crippen molar-refractivity contribution in [2.75, 3.05) is 53.0 Å². The van der Waals surface area contributed by atoms with Crippen LogP contribution in [0.3, 0.4) is 0 Å². The molecule has 0 radical (unpaired) electrons. The highest BCUT2D eigenvalue weighted by Crippen LogP contribution is 2.29. The van der Waals surface area contributed by atoms with Gasteiger partial charge in [0.25, 0.3) is 0 Å². The molecule has 0 bridgehead atoms. The third kappa shape index (κ3) is 4.69. The minimum atomic E-state index is 0.393. The van der Waals surface area contributed by atoms with Crippen LogP contribution in [0, 0.1) is 0 Å². The maximum absolute atomic E-state index is 5.62. The number of hydrogen-bond acceptors (Lipinski definition) is 4. The number of ether oxygens (including phenoxy) is 2. The zero-order chi connectivity index (χ0) is 16.1. The van der Waals surface area contributed by atoms with Gasteiger partial charge in [0.05, 0.1) is 19.8 Å². The van der Waals surface area contributed by atoms with Gasteiger partial charge in [0.1, 0.15) is 5.75 Å². The molecule has 1 aromatic carbocycles. The summed E-state index contributed by atoms with van der Waals surface area (Å²) >= 11 is 0. The zero-order valence-corrected chi connectivity index (χ0v) is 14.5. The first-order valence-electron chi connectivity index (χ1n) is 8.95. The van der Waals surface area contributed by atoms with E-state index in [1.54, 1.807) is 7.11 Å². The maximum atomic E-state index is 5.62. The van der Waals surface area contributed by atoms with Gasteiger partial charge in [-0.05, 0) is 56.5 Å². The van der Waals surface area contributed by atoms with Gasteiger partial charge in [-0.15, -0.1) is 0 Å². The number of methoxy groups -OCH3 is 1. The van der Waals surface area contributed by atoms with Crippen LogP contribution in [0.15, 0.2) is 24.3 Å². The largest absolute Gasteiger partial charge is 0.497 e. The van der Waals surface area contributed by atoms with Crippen LogP contribution in [-0.4, -0.2) is 68.9 Å². The Morgan fingerprint density at radius 3 is 2.39 bits per heavy atom. The van der Waals surface area contributed by atoms with E-state index < -0.39 is 0 Å². The second kappa shape index (κ2) is 8.13. The Bertz CT molecular complexity index is 469. The number of morpholine rings is 1. The standard InChI is InChI=1S/C19H30N2O2/c1-16-15-21(13-14-23-16)12-11-20-9-7-18(8-10-20)17-3-5-19(22-2)6-4-17/h3-6,16,18H,7-15H2,1-2H3/t16-/m0/s1. The molecule has 2 fully saturated rings. The summed E-state index contributed by atoms with van der Waals surface area (Å²) in [6.45, 7) is 10.1. The number of nitrogens with zero attached hydrogens (tertiary/aromatic N) is 2. The molecule has 2 aliphatic rings. The van der Waals surface area contributed by atoms with E-state index in [4.69, 9.17) is 9.47 Å². The molecule has 2 saturated heterocycles. The molecule has 128 valence electrons. The van der Waals surface area contributed by atoms with Crippen molar-refractivity contribution in [2.45, 2.75) is 31.8 Å². The molecule has 2 aliphatic heterocycles. The van der Waals surface area contributed by atoms with Crippen molar-refractivity contribution in [2.24, 2.45) is 0 Å². The molecule has 0 aromatic heterocycles. The van der Waals surface area contributed by atoms with Gasteiger partial charge in [-0.3, -0.25) is 4.90 Å². The summed E-state index contributed by atoms with van der Waals surface area (Å²) in [5.41, 5.74) is 1.47. The van der Waals surface area contributed by atoms with Crippen molar-refractivity contribution >= 4 is 0 Å². The Morgan fingerprint density at radius 2 is 1.74 bits per heavy atom. The Balaban J connectivity index is 1.41. The van der Waals surface area contributed by atoms with Crippen LogP contribution in [0.2, 0.25) is 0 Å². The minimum Gasteiger partial charge on any atom is -0.497 e. The van der Waals surface area contributed by atoms with E-state index in [-0.39, 0.29) is 0 Å². The molecule has 3 rings (SSSR count). The maximum Gasteiger partial charge on any atom is 0.118 e. The van der Waals surface area contributed by atoms with Crippen LogP contribution in [0.4, 0.5) is 0 Å². The fraction of sp³-hybridized carbons (Fsp3) is 0.684. The van der Waals surface area contributed by atoms with Crippen molar-refractivity contribution in [1.82, 2.24) is 9.80 Å². The molecule has 4 heteroatoms. The summed E-state index contributed by atoms with van der Waals surface area (Å²) in [6, 6.07) is 8.63. The van der Waals surface area contributed by atoms with E-state index >= 15 is 0 Å². The van der Waals surface area contributed by atoms with Gasteiger partial charge in [-0.25, -0.2) is 0 Å². The van der Waals surface area contributed by atoms with E-state index in [0.29, 0.717) is 12.0 Å². The van der Waals surface area contributed by atoms with Gasteiger partial charge in [0.15, 0.2) is 0 Å². The van der Waals surface area contributed by atoms with Crippen LogP contribution in [-0.2, 0) is 4.74 Å². The van der Waals surface area contributed by atoms with E-state index in [9.17, 15) is 0 Å². The lowest BCUT2D eigenvalue weighted by molar-refractivity contribution is -0.0211. The monoisotopic (exact) mass is 318 g/mol. The summed E-state index contributed by atoms with van der Waals surface area (Å²) in [7, 11) is 1.72. The first-order valence-corrected chi connectivity index (χ1v) is 8.95. The Labute approximate surface area is 140 Å². The van der Waals surface area contributed by atoms with Crippen LogP contribution >= 0.6 is 0 Å². The predicted molar refractivity (Wildman–Crippen MR) is 93.3 cm³/mol. The molecule has 0 unspecified atom stereocenters. The first kappa shape index (κ1) is 16.7. The van der Waals surface area contributed by atoms with Crippen LogP contribution in [0.1, 0.15) is 31.2 Å². The van der Waals surface area contributed by atoms with Gasteiger partial charge in [0, 0.05) is 26.2 Å². The Morgan fingerprint density at radius 1 is 1.04 bits per heavy atom. The van der Waals surface area contributed by atoms with E-state index in [1.807, 2.05) is 0 Å². The Kier molecular flexibility index (Phi) is 5.92. The molecule has 0 N–H and O–H groups in total. The van der Waals surface area contributed by atoms with Crippen molar-refractivity contribution in [3.63, 3.8) is 0 Å². The summed E-state index contributed by atoms with van der Waals surface area (Å²) in [4.78, 5) is 5.17. The third-order valence-corrected chi connectivity index (χ3v) is 5.23. The first-order chi connectivity index (χ1) is 11.2. The van der Waals surface area contributed by atoms with Gasteiger partial charge >= 0.3 is 0 Å². The number of benzene rings is 1. The second-order valence-electron chi connectivity index (χ2n) is 6.87. The van der Waals surface area contributed by atoms with Gasteiger partial charge in [0.2, 0.25) is 0 Å². The predicted octanol–water partition coefficient (Wildman–Crippen LogP) is 2.60.